The molecule has 0 unspecified atom stereocenters. The summed E-state index contributed by atoms with van der Waals surface area (Å²) in [5.41, 5.74) is 2.86. The highest BCUT2D eigenvalue weighted by Crippen LogP contribution is 2.34. The van der Waals surface area contributed by atoms with Crippen molar-refractivity contribution in [2.24, 2.45) is 5.92 Å². The van der Waals surface area contributed by atoms with Gasteiger partial charge in [-0.2, -0.15) is 0 Å². The van der Waals surface area contributed by atoms with Gasteiger partial charge in [0, 0.05) is 15.4 Å². The van der Waals surface area contributed by atoms with E-state index in [-0.39, 0.29) is 11.8 Å². The normalized spacial score (nSPS) is 15.5. The largest absolute Gasteiger partial charge is 0.437 e. The highest BCUT2D eigenvalue weighted by atomic mass is 79.9. The van der Waals surface area contributed by atoms with E-state index in [9.17, 15) is 9.82 Å². The molecule has 0 radical (unpaired) electrons. The van der Waals surface area contributed by atoms with Gasteiger partial charge in [-0.15, -0.1) is 0 Å². The van der Waals surface area contributed by atoms with E-state index < -0.39 is 7.05 Å². The summed E-state index contributed by atoms with van der Waals surface area (Å²) in [4.78, 5) is 17.4. The molecule has 1 amide bonds. The summed E-state index contributed by atoms with van der Waals surface area (Å²) in [6.07, 6.45) is 1.50. The molecule has 1 fully saturated rings. The Hall–Kier alpha value is -1.34. The third-order valence-corrected chi connectivity index (χ3v) is 6.42. The first-order valence-corrected chi connectivity index (χ1v) is 10.8. The van der Waals surface area contributed by atoms with Gasteiger partial charge in [-0.25, -0.2) is 0 Å². The number of aryl methyl sites for hydroxylation is 1. The Morgan fingerprint density at radius 3 is 2.54 bits per heavy atom. The minimum atomic E-state index is -0.468. The summed E-state index contributed by atoms with van der Waals surface area (Å²) in [5, 5.41) is 10.5. The molecule has 1 aliphatic rings. The summed E-state index contributed by atoms with van der Waals surface area (Å²) in [6.45, 7) is 5.69. The van der Waals surface area contributed by atoms with Crippen LogP contribution < -0.4 is 4.90 Å². The molecule has 148 valence electrons. The average Bonchev–Trinajstić information content (AvgIpc) is 2.69. The fourth-order valence-electron chi connectivity index (χ4n) is 3.64. The van der Waals surface area contributed by atoms with Gasteiger partial charge < -0.3 is 14.7 Å². The maximum Gasteiger partial charge on any atom is 0.376 e. The molecule has 0 spiro atoms. The maximum atomic E-state index is 13.5. The number of nitrogens with zero attached hydrogens (tertiary/aromatic N) is 2. The van der Waals surface area contributed by atoms with Crippen LogP contribution in [0.2, 0.25) is 11.8 Å². The van der Waals surface area contributed by atoms with Crippen LogP contribution in [0.4, 0.5) is 5.69 Å². The zero-order valence-electron chi connectivity index (χ0n) is 16.2. The van der Waals surface area contributed by atoms with Crippen LogP contribution in [0.25, 0.3) is 0 Å². The van der Waals surface area contributed by atoms with Gasteiger partial charge in [-0.3, -0.25) is 4.79 Å². The zero-order valence-corrected chi connectivity index (χ0v) is 18.6. The average molecular weight is 464 g/mol. The lowest BCUT2D eigenvalue weighted by Gasteiger charge is -2.35. The molecule has 0 atom stereocenters. The Bertz CT molecular complexity index is 827. The van der Waals surface area contributed by atoms with Crippen LogP contribution in [-0.2, 0) is 11.3 Å². The standard InChI is InChI=1S/C21H25BBrClN2O2/c1-15-12-20(18(23)13-19(15)24)26(14-16-6-4-3-5-7-16)21(27)17-8-10-25(11-9-17)22(2)28/h3-7,12-13,17,28H,8-11,14H2,1-2H3. The van der Waals surface area contributed by atoms with Gasteiger partial charge in [-0.1, -0.05) is 41.9 Å². The van der Waals surface area contributed by atoms with Crippen molar-refractivity contribution in [1.82, 2.24) is 4.81 Å². The maximum absolute atomic E-state index is 13.5. The van der Waals surface area contributed by atoms with Crippen molar-refractivity contribution in [1.29, 1.82) is 0 Å². The van der Waals surface area contributed by atoms with E-state index in [0.29, 0.717) is 11.6 Å². The third kappa shape index (κ3) is 4.98. The molecule has 1 heterocycles. The third-order valence-electron chi connectivity index (χ3n) is 5.38. The van der Waals surface area contributed by atoms with Crippen molar-refractivity contribution < 1.29 is 9.82 Å². The molecule has 0 saturated carbocycles. The van der Waals surface area contributed by atoms with E-state index >= 15 is 0 Å². The van der Waals surface area contributed by atoms with Crippen molar-refractivity contribution in [3.05, 3.63) is 63.1 Å². The van der Waals surface area contributed by atoms with Crippen molar-refractivity contribution in [3.8, 4) is 0 Å². The van der Waals surface area contributed by atoms with Crippen molar-refractivity contribution >= 4 is 46.2 Å². The molecule has 0 aliphatic carbocycles. The molecule has 1 N–H and O–H groups in total. The quantitative estimate of drug-likeness (QED) is 0.650. The molecule has 0 aromatic heterocycles. The van der Waals surface area contributed by atoms with Gasteiger partial charge in [0.15, 0.2) is 0 Å². The van der Waals surface area contributed by atoms with Gasteiger partial charge in [0.25, 0.3) is 0 Å². The highest BCUT2D eigenvalue weighted by Gasteiger charge is 2.32. The Morgan fingerprint density at radius 1 is 1.29 bits per heavy atom. The number of carbonyl (C=O) groups is 1. The Balaban J connectivity index is 1.88. The lowest BCUT2D eigenvalue weighted by Crippen LogP contribution is -2.47. The Labute approximate surface area is 180 Å². The molecular weight excluding hydrogens is 438 g/mol. The summed E-state index contributed by atoms with van der Waals surface area (Å²) < 4.78 is 0.814. The number of halogens is 2. The van der Waals surface area contributed by atoms with Crippen LogP contribution in [0.15, 0.2) is 46.9 Å². The van der Waals surface area contributed by atoms with Gasteiger partial charge in [-0.05, 0) is 78.9 Å². The number of carbonyl (C=O) groups excluding carboxylic acids is 1. The number of benzene rings is 2. The summed E-state index contributed by atoms with van der Waals surface area (Å²) in [5.74, 6) is 0.0677. The molecule has 4 nitrogen and oxygen atoms in total. The van der Waals surface area contributed by atoms with Gasteiger partial charge >= 0.3 is 7.05 Å². The molecule has 28 heavy (non-hydrogen) atoms. The fraction of sp³-hybridized carbons (Fsp3) is 0.381. The van der Waals surface area contributed by atoms with Crippen LogP contribution >= 0.6 is 27.5 Å². The van der Waals surface area contributed by atoms with Gasteiger partial charge in [0.05, 0.1) is 12.2 Å². The lowest BCUT2D eigenvalue weighted by molar-refractivity contribution is -0.123. The summed E-state index contributed by atoms with van der Waals surface area (Å²) in [7, 11) is -0.468. The summed E-state index contributed by atoms with van der Waals surface area (Å²) >= 11 is 9.86. The summed E-state index contributed by atoms with van der Waals surface area (Å²) in [6, 6.07) is 13.8. The zero-order chi connectivity index (χ0) is 20.3. The number of anilines is 1. The van der Waals surface area contributed by atoms with Crippen LogP contribution in [0.5, 0.6) is 0 Å². The minimum absolute atomic E-state index is 0.0541. The Kier molecular flexibility index (Phi) is 7.21. The SMILES string of the molecule is CB(O)N1CCC(C(=O)N(Cc2ccccc2)c2cc(C)c(Cl)cc2Br)CC1. The van der Waals surface area contributed by atoms with Crippen LogP contribution in [0.3, 0.4) is 0 Å². The molecule has 7 heteroatoms. The van der Waals surface area contributed by atoms with E-state index in [1.165, 1.54) is 0 Å². The lowest BCUT2D eigenvalue weighted by atomic mass is 9.80. The molecule has 2 aromatic rings. The van der Waals surface area contributed by atoms with Gasteiger partial charge in [0.2, 0.25) is 5.91 Å². The number of piperidine rings is 1. The highest BCUT2D eigenvalue weighted by molar-refractivity contribution is 9.10. The van der Waals surface area contributed by atoms with Crippen LogP contribution in [-0.4, -0.2) is 35.9 Å². The second-order valence-electron chi connectivity index (χ2n) is 7.40. The van der Waals surface area contributed by atoms with E-state index in [4.69, 9.17) is 11.6 Å². The fourth-order valence-corrected chi connectivity index (χ4v) is 4.49. The smallest absolute Gasteiger partial charge is 0.376 e. The molecule has 0 bridgehead atoms. The molecule has 2 aromatic carbocycles. The Morgan fingerprint density at radius 2 is 1.93 bits per heavy atom. The van der Waals surface area contributed by atoms with Crippen LogP contribution in [0.1, 0.15) is 24.0 Å². The molecule has 3 rings (SSSR count). The van der Waals surface area contributed by atoms with E-state index in [1.54, 1.807) is 6.82 Å². The molecule has 1 saturated heterocycles. The van der Waals surface area contributed by atoms with Crippen molar-refractivity contribution in [2.75, 3.05) is 18.0 Å². The predicted molar refractivity (Wildman–Crippen MR) is 120 cm³/mol. The predicted octanol–water partition coefficient (Wildman–Crippen LogP) is 4.77. The first kappa shape index (κ1) is 21.4. The van der Waals surface area contributed by atoms with E-state index in [1.807, 2.05) is 59.1 Å². The van der Waals surface area contributed by atoms with Crippen molar-refractivity contribution in [2.45, 2.75) is 33.1 Å². The number of amides is 1. The topological polar surface area (TPSA) is 43.8 Å². The number of hydrogen-bond acceptors (Lipinski definition) is 3. The second kappa shape index (κ2) is 9.44. The van der Waals surface area contributed by atoms with E-state index in [0.717, 1.165) is 47.2 Å². The second-order valence-corrected chi connectivity index (χ2v) is 8.67. The molecule has 1 aliphatic heterocycles. The number of hydrogen-bond donors (Lipinski definition) is 1. The monoisotopic (exact) mass is 462 g/mol. The van der Waals surface area contributed by atoms with Crippen LogP contribution in [0, 0.1) is 12.8 Å². The minimum Gasteiger partial charge on any atom is -0.437 e. The van der Waals surface area contributed by atoms with Gasteiger partial charge in [0.1, 0.15) is 0 Å². The number of rotatable bonds is 5. The first-order chi connectivity index (χ1) is 13.4. The van der Waals surface area contributed by atoms with Crippen molar-refractivity contribution in [3.63, 3.8) is 0 Å². The molecular formula is C21H25BBrClN2O2. The first-order valence-electron chi connectivity index (χ1n) is 9.60. The van der Waals surface area contributed by atoms with E-state index in [2.05, 4.69) is 15.9 Å².